The topological polar surface area (TPSA) is 139 Å². The smallest absolute Gasteiger partial charge is 0.322 e. The fraction of sp³-hybridized carbons (Fsp3) is 0.143. The molecular formula is C7H11NO7P2. The van der Waals surface area contributed by atoms with Gasteiger partial charge in [0.25, 0.3) is 5.52 Å². The first kappa shape index (κ1) is 14.3. The van der Waals surface area contributed by atoms with Crippen LogP contribution in [-0.4, -0.2) is 30.3 Å². The van der Waals surface area contributed by atoms with Crippen LogP contribution in [0.4, 0.5) is 5.69 Å². The third-order valence-corrected chi connectivity index (χ3v) is 5.29. The number of hydrogen-bond acceptors (Lipinski definition) is 4. The van der Waals surface area contributed by atoms with Crippen LogP contribution in [0.1, 0.15) is 0 Å². The second-order valence-electron chi connectivity index (χ2n) is 3.20. The molecule has 1 aromatic rings. The first-order chi connectivity index (χ1) is 7.64. The predicted molar refractivity (Wildman–Crippen MR) is 58.6 cm³/mol. The highest BCUT2D eigenvalue weighted by Crippen LogP contribution is 2.61. The van der Waals surface area contributed by atoms with E-state index in [0.29, 0.717) is 0 Å². The van der Waals surface area contributed by atoms with Crippen molar-refractivity contribution >= 4 is 20.9 Å². The van der Waals surface area contributed by atoms with Gasteiger partial charge >= 0.3 is 15.2 Å². The average Bonchev–Trinajstić information content (AvgIpc) is 2.14. The van der Waals surface area contributed by atoms with Crippen molar-refractivity contribution in [3.05, 3.63) is 30.3 Å². The largest absolute Gasteiger partial charge is 0.362 e. The van der Waals surface area contributed by atoms with Crippen LogP contribution in [0.25, 0.3) is 0 Å². The van der Waals surface area contributed by atoms with Crippen LogP contribution in [0.15, 0.2) is 30.3 Å². The number of para-hydroxylation sites is 1. The third kappa shape index (κ3) is 3.62. The van der Waals surface area contributed by atoms with Gasteiger partial charge in [0.1, 0.15) is 0 Å². The third-order valence-electron chi connectivity index (χ3n) is 1.84. The van der Waals surface area contributed by atoms with E-state index in [0.717, 1.165) is 0 Å². The Hall–Kier alpha value is -0.720. The molecule has 0 aromatic heterocycles. The van der Waals surface area contributed by atoms with Crippen molar-refractivity contribution in [1.82, 2.24) is 0 Å². The minimum Gasteiger partial charge on any atom is -0.322 e. The number of hydrogen-bond donors (Lipinski definition) is 5. The van der Waals surface area contributed by atoms with Gasteiger partial charge in [0, 0.05) is 0 Å². The van der Waals surface area contributed by atoms with Crippen LogP contribution >= 0.6 is 15.2 Å². The van der Waals surface area contributed by atoms with Crippen LogP contribution in [0, 0.1) is 0 Å². The van der Waals surface area contributed by atoms with Gasteiger partial charge in [0.15, 0.2) is 0 Å². The number of hydroxylamine groups is 1. The molecule has 0 heterocycles. The molecule has 0 unspecified atom stereocenters. The molecule has 0 saturated heterocycles. The summed E-state index contributed by atoms with van der Waals surface area (Å²) in [5.41, 5.74) is -2.75. The van der Waals surface area contributed by atoms with Gasteiger partial charge in [-0.15, -0.1) is 0 Å². The maximum absolute atomic E-state index is 11.0. The van der Waals surface area contributed by atoms with Gasteiger partial charge in [-0.05, 0) is 12.1 Å². The van der Waals surface area contributed by atoms with E-state index in [1.54, 1.807) is 6.07 Å². The maximum atomic E-state index is 11.0. The monoisotopic (exact) mass is 283 g/mol. The molecular weight excluding hydrogens is 272 g/mol. The van der Waals surface area contributed by atoms with Crippen molar-refractivity contribution < 1.29 is 33.9 Å². The van der Waals surface area contributed by atoms with E-state index in [1.807, 2.05) is 0 Å². The van der Waals surface area contributed by atoms with Crippen LogP contribution < -0.4 is 5.06 Å². The van der Waals surface area contributed by atoms with Crippen molar-refractivity contribution in [1.29, 1.82) is 0 Å². The van der Waals surface area contributed by atoms with E-state index < -0.39 is 20.7 Å². The van der Waals surface area contributed by atoms with E-state index >= 15 is 0 Å². The summed E-state index contributed by atoms with van der Waals surface area (Å²) in [4.78, 5) is 35.4. The van der Waals surface area contributed by atoms with Crippen LogP contribution in [-0.2, 0) is 9.13 Å². The lowest BCUT2D eigenvalue weighted by atomic mass is 10.3. The molecule has 0 radical (unpaired) electrons. The Kier molecular flexibility index (Phi) is 4.11. The van der Waals surface area contributed by atoms with Crippen molar-refractivity contribution in [2.45, 2.75) is 5.52 Å². The molecule has 8 nitrogen and oxygen atoms in total. The molecule has 0 fully saturated rings. The SMILES string of the molecule is O=P(O)(O)C(N(O)c1ccccc1)P(=O)(O)O. The van der Waals surface area contributed by atoms with Crippen molar-refractivity contribution in [2.24, 2.45) is 0 Å². The van der Waals surface area contributed by atoms with E-state index in [1.165, 1.54) is 24.3 Å². The van der Waals surface area contributed by atoms with Crippen LogP contribution in [0.5, 0.6) is 0 Å². The molecule has 96 valence electrons. The summed E-state index contributed by atoms with van der Waals surface area (Å²) in [6, 6.07) is 6.95. The second kappa shape index (κ2) is 4.88. The quantitative estimate of drug-likeness (QED) is 0.398. The summed E-state index contributed by atoms with van der Waals surface area (Å²) in [6.07, 6.45) is 0. The van der Waals surface area contributed by atoms with E-state index in [9.17, 15) is 14.3 Å². The number of rotatable bonds is 4. The molecule has 17 heavy (non-hydrogen) atoms. The Morgan fingerprint density at radius 3 is 1.71 bits per heavy atom. The molecule has 0 atom stereocenters. The van der Waals surface area contributed by atoms with Crippen molar-refractivity contribution in [3.8, 4) is 0 Å². The molecule has 0 spiro atoms. The average molecular weight is 283 g/mol. The number of anilines is 1. The summed E-state index contributed by atoms with van der Waals surface area (Å²) in [6.45, 7) is 0. The fourth-order valence-corrected chi connectivity index (χ4v) is 3.60. The van der Waals surface area contributed by atoms with Crippen molar-refractivity contribution in [2.75, 3.05) is 5.06 Å². The molecule has 0 aliphatic rings. The molecule has 0 bridgehead atoms. The Labute approximate surface area is 96.4 Å². The number of benzene rings is 1. The van der Waals surface area contributed by atoms with Crippen LogP contribution in [0.2, 0.25) is 0 Å². The molecule has 5 N–H and O–H groups in total. The fourth-order valence-electron chi connectivity index (χ4n) is 1.19. The second-order valence-corrected chi connectivity index (χ2v) is 6.95. The lowest BCUT2D eigenvalue weighted by Crippen LogP contribution is -2.32. The summed E-state index contributed by atoms with van der Waals surface area (Å²) < 4.78 is 22.0. The summed E-state index contributed by atoms with van der Waals surface area (Å²) >= 11 is 0. The van der Waals surface area contributed by atoms with E-state index in [4.69, 9.17) is 19.6 Å². The maximum Gasteiger partial charge on any atom is 0.362 e. The van der Waals surface area contributed by atoms with Gasteiger partial charge in [-0.3, -0.25) is 14.3 Å². The van der Waals surface area contributed by atoms with Gasteiger partial charge in [0.05, 0.1) is 5.69 Å². The zero-order chi connectivity index (χ0) is 13.3. The minimum absolute atomic E-state index is 0.110. The Balaban J connectivity index is 3.18. The van der Waals surface area contributed by atoms with Gasteiger partial charge in [0.2, 0.25) is 0 Å². The molecule has 1 rings (SSSR count). The Bertz CT molecular complexity index is 444. The Morgan fingerprint density at radius 1 is 0.941 bits per heavy atom. The molecule has 0 saturated carbocycles. The summed E-state index contributed by atoms with van der Waals surface area (Å²) in [5, 5.41) is 9.39. The van der Waals surface area contributed by atoms with Gasteiger partial charge in [-0.2, -0.15) is 0 Å². The van der Waals surface area contributed by atoms with Crippen molar-refractivity contribution in [3.63, 3.8) is 0 Å². The Morgan fingerprint density at radius 2 is 1.35 bits per heavy atom. The lowest BCUT2D eigenvalue weighted by molar-refractivity contribution is 0.230. The van der Waals surface area contributed by atoms with Gasteiger partial charge < -0.3 is 19.6 Å². The highest BCUT2D eigenvalue weighted by molar-refractivity contribution is 7.71. The minimum atomic E-state index is -5.21. The van der Waals surface area contributed by atoms with E-state index in [-0.39, 0.29) is 10.8 Å². The normalized spacial score (nSPS) is 12.8. The summed E-state index contributed by atoms with van der Waals surface area (Å²) in [5.74, 6) is 0. The lowest BCUT2D eigenvalue weighted by Gasteiger charge is -2.28. The molecule has 0 aliphatic carbocycles. The molecule has 1 aromatic carbocycles. The highest BCUT2D eigenvalue weighted by atomic mass is 31.2. The zero-order valence-corrected chi connectivity index (χ0v) is 10.1. The highest BCUT2D eigenvalue weighted by Gasteiger charge is 2.48. The molecule has 0 aliphatic heterocycles. The number of nitrogens with zero attached hydrogens (tertiary/aromatic N) is 1. The van der Waals surface area contributed by atoms with Gasteiger partial charge in [-0.1, -0.05) is 18.2 Å². The van der Waals surface area contributed by atoms with Crippen LogP contribution in [0.3, 0.4) is 0 Å². The zero-order valence-electron chi connectivity index (χ0n) is 8.36. The van der Waals surface area contributed by atoms with E-state index in [2.05, 4.69) is 0 Å². The molecule has 0 amide bonds. The van der Waals surface area contributed by atoms with Gasteiger partial charge in [-0.25, -0.2) is 5.06 Å². The molecule has 10 heteroatoms. The predicted octanol–water partition coefficient (Wildman–Crippen LogP) is 0.521. The first-order valence-electron chi connectivity index (χ1n) is 4.27. The summed E-state index contributed by atoms with van der Waals surface area (Å²) in [7, 11) is -10.4. The first-order valence-corrected chi connectivity index (χ1v) is 7.64. The standard InChI is InChI=1S/C7H11NO7P2/c9-8(6-4-2-1-3-5-6)7(16(10,11)12)17(13,14)15/h1-5,7,9H,(H2,10,11,12)(H2,13,14,15).